The molecule has 0 aliphatic carbocycles. The average Bonchev–Trinajstić information content (AvgIpc) is 3.37. The summed E-state index contributed by atoms with van der Waals surface area (Å²) in [5.41, 5.74) is 4.06. The van der Waals surface area contributed by atoms with Gasteiger partial charge in [0.25, 0.3) is 11.1 Å². The number of amides is 3. The number of hydrogen-bond donors (Lipinski definition) is 1. The van der Waals surface area contributed by atoms with E-state index in [1.807, 2.05) is 26.0 Å². The average molecular weight is 458 g/mol. The number of benzene rings is 2. The van der Waals surface area contributed by atoms with Crippen molar-refractivity contribution < 1.29 is 18.8 Å². The zero-order chi connectivity index (χ0) is 23.5. The van der Waals surface area contributed by atoms with E-state index in [4.69, 9.17) is 9.68 Å². The first kappa shape index (κ1) is 22.1. The van der Waals surface area contributed by atoms with E-state index >= 15 is 0 Å². The number of carbonyl (C=O) groups excluding carboxylic acids is 3. The van der Waals surface area contributed by atoms with E-state index < -0.39 is 17.1 Å². The topological polar surface area (TPSA) is 103 Å². The van der Waals surface area contributed by atoms with Gasteiger partial charge in [-0.25, -0.2) is 0 Å². The fourth-order valence-corrected chi connectivity index (χ4v) is 4.04. The molecular weight excluding hydrogens is 438 g/mol. The quantitative estimate of drug-likeness (QED) is 0.534. The molecule has 3 aromatic rings. The van der Waals surface area contributed by atoms with Gasteiger partial charge in [-0.2, -0.15) is 5.26 Å². The molecule has 1 N–H and O–H groups in total. The van der Waals surface area contributed by atoms with E-state index in [2.05, 4.69) is 11.4 Å². The largest absolute Gasteiger partial charge is 0.457 e. The van der Waals surface area contributed by atoms with Crippen LogP contribution in [0, 0.1) is 25.2 Å². The van der Waals surface area contributed by atoms with Crippen molar-refractivity contribution in [1.29, 1.82) is 5.26 Å². The Hall–Kier alpha value is -4.09. The molecule has 8 heteroatoms. The van der Waals surface area contributed by atoms with Gasteiger partial charge in [-0.1, -0.05) is 6.07 Å². The SMILES string of the molecule is Cc1ccc(NC(=O)CN2C(=O)S/C(=C\c3ccc(-c4ccc(C#N)cc4)o3)C2=O)cc1C. The van der Waals surface area contributed by atoms with Crippen LogP contribution in [0.15, 0.2) is 63.9 Å². The number of anilines is 1. The Morgan fingerprint density at radius 3 is 2.55 bits per heavy atom. The van der Waals surface area contributed by atoms with Crippen LogP contribution in [-0.4, -0.2) is 28.5 Å². The standard InChI is InChI=1S/C25H19N3O4S/c1-15-3-8-19(11-16(15)2)27-23(29)14-28-24(30)22(33-25(28)31)12-20-9-10-21(32-20)18-6-4-17(13-26)5-7-18/h3-12H,14H2,1-2H3,(H,27,29)/b22-12-. The lowest BCUT2D eigenvalue weighted by molar-refractivity contribution is -0.127. The Labute approximate surface area is 194 Å². The molecule has 1 aromatic heterocycles. The zero-order valence-corrected chi connectivity index (χ0v) is 18.7. The second-order valence-electron chi connectivity index (χ2n) is 7.51. The molecule has 3 amide bonds. The highest BCUT2D eigenvalue weighted by Crippen LogP contribution is 2.33. The van der Waals surface area contributed by atoms with Gasteiger partial charge in [0.15, 0.2) is 0 Å². The molecule has 0 spiro atoms. The van der Waals surface area contributed by atoms with Gasteiger partial charge in [0.2, 0.25) is 5.91 Å². The predicted molar refractivity (Wildman–Crippen MR) is 126 cm³/mol. The lowest BCUT2D eigenvalue weighted by Crippen LogP contribution is -2.36. The first-order valence-electron chi connectivity index (χ1n) is 10.1. The summed E-state index contributed by atoms with van der Waals surface area (Å²) in [5, 5.41) is 11.1. The van der Waals surface area contributed by atoms with E-state index in [1.165, 1.54) is 6.08 Å². The number of carbonyl (C=O) groups is 3. The van der Waals surface area contributed by atoms with Crippen molar-refractivity contribution in [3.63, 3.8) is 0 Å². The number of hydrogen-bond acceptors (Lipinski definition) is 6. The van der Waals surface area contributed by atoms with Crippen molar-refractivity contribution in [1.82, 2.24) is 4.90 Å². The van der Waals surface area contributed by atoms with E-state index in [0.717, 1.165) is 33.4 Å². The van der Waals surface area contributed by atoms with Gasteiger partial charge in [-0.15, -0.1) is 0 Å². The van der Waals surface area contributed by atoms with Crippen LogP contribution in [-0.2, 0) is 9.59 Å². The lowest BCUT2D eigenvalue weighted by Gasteiger charge is -2.13. The first-order valence-corrected chi connectivity index (χ1v) is 10.9. The Kier molecular flexibility index (Phi) is 6.16. The minimum atomic E-state index is -0.545. The molecule has 1 aliphatic heterocycles. The van der Waals surface area contributed by atoms with Crippen molar-refractivity contribution in [3.8, 4) is 17.4 Å². The van der Waals surface area contributed by atoms with E-state index in [-0.39, 0.29) is 11.4 Å². The van der Waals surface area contributed by atoms with Crippen LogP contribution in [0.5, 0.6) is 0 Å². The fourth-order valence-electron chi connectivity index (χ4n) is 3.22. The van der Waals surface area contributed by atoms with Crippen LogP contribution >= 0.6 is 11.8 Å². The fraction of sp³-hybridized carbons (Fsp3) is 0.120. The normalized spacial score (nSPS) is 14.6. The van der Waals surface area contributed by atoms with Gasteiger partial charge >= 0.3 is 0 Å². The molecule has 1 saturated heterocycles. The van der Waals surface area contributed by atoms with Gasteiger partial charge in [0.05, 0.1) is 16.5 Å². The number of rotatable bonds is 5. The van der Waals surface area contributed by atoms with Crippen LogP contribution in [0.4, 0.5) is 10.5 Å². The van der Waals surface area contributed by atoms with Gasteiger partial charge in [0.1, 0.15) is 18.1 Å². The summed E-state index contributed by atoms with van der Waals surface area (Å²) in [6, 6.07) is 17.9. The molecule has 1 fully saturated rings. The first-order chi connectivity index (χ1) is 15.8. The maximum Gasteiger partial charge on any atom is 0.294 e. The Bertz CT molecular complexity index is 1330. The highest BCUT2D eigenvalue weighted by atomic mass is 32.2. The summed E-state index contributed by atoms with van der Waals surface area (Å²) in [4.78, 5) is 38.6. The predicted octanol–water partition coefficient (Wildman–Crippen LogP) is 5.11. The number of furan rings is 1. The third-order valence-electron chi connectivity index (χ3n) is 5.16. The molecule has 2 aromatic carbocycles. The van der Waals surface area contributed by atoms with Crippen molar-refractivity contribution in [2.75, 3.05) is 11.9 Å². The van der Waals surface area contributed by atoms with Crippen molar-refractivity contribution in [3.05, 3.63) is 82.0 Å². The summed E-state index contributed by atoms with van der Waals surface area (Å²) >= 11 is 0.762. The Morgan fingerprint density at radius 1 is 1.09 bits per heavy atom. The van der Waals surface area contributed by atoms with Gasteiger partial charge < -0.3 is 9.73 Å². The smallest absolute Gasteiger partial charge is 0.294 e. The van der Waals surface area contributed by atoms with Crippen molar-refractivity contribution in [2.24, 2.45) is 0 Å². The minimum absolute atomic E-state index is 0.180. The third-order valence-corrected chi connectivity index (χ3v) is 6.07. The van der Waals surface area contributed by atoms with E-state index in [1.54, 1.807) is 42.5 Å². The number of aryl methyl sites for hydroxylation is 2. The molecule has 7 nitrogen and oxygen atoms in total. The molecule has 33 heavy (non-hydrogen) atoms. The summed E-state index contributed by atoms with van der Waals surface area (Å²) in [6.45, 7) is 3.54. The van der Waals surface area contributed by atoms with Crippen molar-refractivity contribution in [2.45, 2.75) is 13.8 Å². The minimum Gasteiger partial charge on any atom is -0.457 e. The maximum absolute atomic E-state index is 12.7. The van der Waals surface area contributed by atoms with Gasteiger partial charge in [0, 0.05) is 17.3 Å². The molecule has 0 radical (unpaired) electrons. The van der Waals surface area contributed by atoms with Crippen LogP contribution in [0.25, 0.3) is 17.4 Å². The Morgan fingerprint density at radius 2 is 1.85 bits per heavy atom. The highest BCUT2D eigenvalue weighted by Gasteiger charge is 2.36. The Balaban J connectivity index is 1.44. The molecule has 0 bridgehead atoms. The number of thioether (sulfide) groups is 1. The monoisotopic (exact) mass is 457 g/mol. The highest BCUT2D eigenvalue weighted by molar-refractivity contribution is 8.18. The molecule has 164 valence electrons. The van der Waals surface area contributed by atoms with E-state index in [0.29, 0.717) is 22.8 Å². The van der Waals surface area contributed by atoms with Crippen molar-refractivity contribution >= 4 is 40.6 Å². The third kappa shape index (κ3) is 4.89. The summed E-state index contributed by atoms with van der Waals surface area (Å²) < 4.78 is 5.77. The summed E-state index contributed by atoms with van der Waals surface area (Å²) in [6.07, 6.45) is 1.49. The van der Waals surface area contributed by atoms with Crippen LogP contribution in [0.2, 0.25) is 0 Å². The molecule has 4 rings (SSSR count). The molecule has 2 heterocycles. The second-order valence-corrected chi connectivity index (χ2v) is 8.50. The van der Waals surface area contributed by atoms with Crippen LogP contribution in [0.3, 0.4) is 0 Å². The number of nitrogens with zero attached hydrogens (tertiary/aromatic N) is 2. The number of nitriles is 1. The van der Waals surface area contributed by atoms with Gasteiger partial charge in [-0.3, -0.25) is 19.3 Å². The molecular formula is C25H19N3O4S. The van der Waals surface area contributed by atoms with Crippen LogP contribution < -0.4 is 5.32 Å². The maximum atomic E-state index is 12.7. The molecule has 0 unspecified atom stereocenters. The lowest BCUT2D eigenvalue weighted by atomic mass is 10.1. The zero-order valence-electron chi connectivity index (χ0n) is 17.9. The van der Waals surface area contributed by atoms with Crippen LogP contribution in [0.1, 0.15) is 22.5 Å². The summed E-state index contributed by atoms with van der Waals surface area (Å²) in [7, 11) is 0. The summed E-state index contributed by atoms with van der Waals surface area (Å²) in [5.74, 6) is -0.0309. The number of imide groups is 1. The van der Waals surface area contributed by atoms with Gasteiger partial charge in [-0.05, 0) is 85.3 Å². The molecule has 1 aliphatic rings. The second kappa shape index (κ2) is 9.18. The molecule has 0 atom stereocenters. The van der Waals surface area contributed by atoms with E-state index in [9.17, 15) is 14.4 Å². The number of nitrogens with one attached hydrogen (secondary N) is 1. The molecule has 0 saturated carbocycles.